The number of carbonyl (C=O) groups is 1. The molecular weight excluding hydrogens is 508 g/mol. The standard InChI is InChI=1S/C24H21F2N5O5S/c1-30-21-19(23(33)31(2)24(30)34)22(37-11-18(32)27-15-7-6-13(25)10-14(15)26)29-20(28-21)12-5-8-16(35-3)17(9-12)36-4/h5-10H,11H2,1-4H3,(H,27,32). The van der Waals surface area contributed by atoms with Gasteiger partial charge in [-0.3, -0.25) is 18.7 Å². The summed E-state index contributed by atoms with van der Waals surface area (Å²) < 4.78 is 39.8. The molecule has 0 spiro atoms. The molecule has 0 aliphatic carbocycles. The summed E-state index contributed by atoms with van der Waals surface area (Å²) in [5.41, 5.74) is -0.837. The number of hydrogen-bond donors (Lipinski definition) is 1. The van der Waals surface area contributed by atoms with E-state index in [-0.39, 0.29) is 33.3 Å². The second-order valence-corrected chi connectivity index (χ2v) is 8.75. The number of amides is 1. The van der Waals surface area contributed by atoms with Crippen molar-refractivity contribution in [2.24, 2.45) is 14.1 Å². The molecule has 192 valence electrons. The topological polar surface area (TPSA) is 117 Å². The van der Waals surface area contributed by atoms with Gasteiger partial charge in [-0.25, -0.2) is 23.5 Å². The van der Waals surface area contributed by atoms with Gasteiger partial charge in [0.1, 0.15) is 22.0 Å². The van der Waals surface area contributed by atoms with E-state index in [9.17, 15) is 23.2 Å². The van der Waals surface area contributed by atoms with E-state index in [1.54, 1.807) is 18.2 Å². The van der Waals surface area contributed by atoms with Gasteiger partial charge in [-0.2, -0.15) is 0 Å². The molecule has 4 rings (SSSR count). The maximum absolute atomic E-state index is 13.9. The first-order valence-electron chi connectivity index (χ1n) is 10.7. The lowest BCUT2D eigenvalue weighted by Crippen LogP contribution is -2.37. The zero-order valence-electron chi connectivity index (χ0n) is 20.2. The second kappa shape index (κ2) is 10.4. The molecule has 0 aliphatic rings. The van der Waals surface area contributed by atoms with Gasteiger partial charge in [0.25, 0.3) is 5.56 Å². The molecule has 2 heterocycles. The zero-order chi connectivity index (χ0) is 26.9. The van der Waals surface area contributed by atoms with Crippen LogP contribution in [0.4, 0.5) is 14.5 Å². The van der Waals surface area contributed by atoms with Crippen LogP contribution in [0.15, 0.2) is 51.0 Å². The summed E-state index contributed by atoms with van der Waals surface area (Å²) in [4.78, 5) is 47.1. The fourth-order valence-electron chi connectivity index (χ4n) is 3.55. The van der Waals surface area contributed by atoms with E-state index in [0.717, 1.165) is 28.5 Å². The predicted octanol–water partition coefficient (Wildman–Crippen LogP) is 2.72. The van der Waals surface area contributed by atoms with Crippen molar-refractivity contribution in [2.75, 3.05) is 25.3 Å². The number of nitrogens with zero attached hydrogens (tertiary/aromatic N) is 4. The predicted molar refractivity (Wildman–Crippen MR) is 134 cm³/mol. The molecule has 1 N–H and O–H groups in total. The molecule has 0 bridgehead atoms. The molecule has 0 unspecified atom stereocenters. The Hall–Kier alpha value is -4.26. The first kappa shape index (κ1) is 25.8. The van der Waals surface area contributed by atoms with Gasteiger partial charge >= 0.3 is 5.69 Å². The molecule has 0 aliphatic heterocycles. The molecule has 0 fully saturated rings. The number of anilines is 1. The van der Waals surface area contributed by atoms with Crippen molar-refractivity contribution in [1.29, 1.82) is 0 Å². The van der Waals surface area contributed by atoms with Crippen LogP contribution in [0.25, 0.3) is 22.4 Å². The lowest BCUT2D eigenvalue weighted by Gasteiger charge is -2.13. The number of hydrogen-bond acceptors (Lipinski definition) is 8. The molecule has 2 aromatic carbocycles. The first-order valence-corrected chi connectivity index (χ1v) is 11.7. The van der Waals surface area contributed by atoms with Crippen LogP contribution in [0.2, 0.25) is 0 Å². The highest BCUT2D eigenvalue weighted by atomic mass is 32.2. The number of carbonyl (C=O) groups excluding carboxylic acids is 1. The average molecular weight is 530 g/mol. The smallest absolute Gasteiger partial charge is 0.332 e. The fraction of sp³-hybridized carbons (Fsp3) is 0.208. The number of halogens is 2. The number of rotatable bonds is 7. The van der Waals surface area contributed by atoms with Crippen molar-refractivity contribution in [3.8, 4) is 22.9 Å². The summed E-state index contributed by atoms with van der Waals surface area (Å²) in [6.07, 6.45) is 0. The van der Waals surface area contributed by atoms with Crippen molar-refractivity contribution in [3.63, 3.8) is 0 Å². The number of aryl methyl sites for hydroxylation is 1. The maximum Gasteiger partial charge on any atom is 0.332 e. The molecule has 0 saturated carbocycles. The Kier molecular flexibility index (Phi) is 7.25. The average Bonchev–Trinajstić information content (AvgIpc) is 2.90. The third kappa shape index (κ3) is 5.03. The Bertz CT molecular complexity index is 1650. The van der Waals surface area contributed by atoms with Gasteiger partial charge in [0.05, 0.1) is 25.7 Å². The number of fused-ring (bicyclic) bond motifs is 1. The maximum atomic E-state index is 13.9. The van der Waals surface area contributed by atoms with E-state index in [1.807, 2.05) is 0 Å². The van der Waals surface area contributed by atoms with E-state index in [2.05, 4.69) is 15.3 Å². The number of methoxy groups -OCH3 is 2. The van der Waals surface area contributed by atoms with Gasteiger partial charge in [-0.05, 0) is 30.3 Å². The quantitative estimate of drug-likeness (QED) is 0.287. The third-order valence-corrected chi connectivity index (χ3v) is 6.43. The van der Waals surface area contributed by atoms with E-state index >= 15 is 0 Å². The molecule has 2 aromatic heterocycles. The number of benzene rings is 2. The van der Waals surface area contributed by atoms with Crippen LogP contribution < -0.4 is 26.0 Å². The molecular formula is C24H21F2N5O5S. The van der Waals surface area contributed by atoms with Crippen LogP contribution in [0.1, 0.15) is 0 Å². The number of nitrogens with one attached hydrogen (secondary N) is 1. The SMILES string of the molecule is COc1ccc(-c2nc(SCC(=O)Nc3ccc(F)cc3F)c3c(=O)n(C)c(=O)n(C)c3n2)cc1OC. The van der Waals surface area contributed by atoms with Gasteiger partial charge in [0.15, 0.2) is 23.0 Å². The lowest BCUT2D eigenvalue weighted by molar-refractivity contribution is -0.113. The summed E-state index contributed by atoms with van der Waals surface area (Å²) >= 11 is 0.906. The van der Waals surface area contributed by atoms with Gasteiger partial charge in [-0.1, -0.05) is 11.8 Å². The minimum atomic E-state index is -0.926. The van der Waals surface area contributed by atoms with Gasteiger partial charge in [-0.15, -0.1) is 0 Å². The van der Waals surface area contributed by atoms with Crippen molar-refractivity contribution in [2.45, 2.75) is 5.03 Å². The van der Waals surface area contributed by atoms with Gasteiger partial charge < -0.3 is 14.8 Å². The lowest BCUT2D eigenvalue weighted by atomic mass is 10.2. The summed E-state index contributed by atoms with van der Waals surface area (Å²) in [7, 11) is 5.76. The summed E-state index contributed by atoms with van der Waals surface area (Å²) in [6.45, 7) is 0. The highest BCUT2D eigenvalue weighted by molar-refractivity contribution is 8.00. The third-order valence-electron chi connectivity index (χ3n) is 5.45. The summed E-state index contributed by atoms with van der Waals surface area (Å²) in [6, 6.07) is 7.75. The summed E-state index contributed by atoms with van der Waals surface area (Å²) in [5.74, 6) is -1.52. The molecule has 1 amide bonds. The molecule has 0 saturated heterocycles. The number of ether oxygens (including phenoxy) is 2. The zero-order valence-corrected chi connectivity index (χ0v) is 21.0. The van der Waals surface area contributed by atoms with Crippen LogP contribution in [0, 0.1) is 11.6 Å². The minimum Gasteiger partial charge on any atom is -0.493 e. The number of aromatic nitrogens is 4. The van der Waals surface area contributed by atoms with Crippen molar-refractivity contribution in [3.05, 3.63) is 68.9 Å². The first-order chi connectivity index (χ1) is 17.6. The van der Waals surface area contributed by atoms with Gasteiger partial charge in [0, 0.05) is 25.7 Å². The Labute approximate surface area is 212 Å². The Balaban J connectivity index is 1.78. The Morgan fingerprint density at radius 2 is 1.73 bits per heavy atom. The molecule has 13 heteroatoms. The number of thioether (sulfide) groups is 1. The monoisotopic (exact) mass is 529 g/mol. The van der Waals surface area contributed by atoms with Crippen LogP contribution >= 0.6 is 11.8 Å². The van der Waals surface area contributed by atoms with Crippen molar-refractivity contribution in [1.82, 2.24) is 19.1 Å². The fourth-order valence-corrected chi connectivity index (χ4v) is 4.36. The van der Waals surface area contributed by atoms with Crippen LogP contribution in [-0.2, 0) is 18.9 Å². The van der Waals surface area contributed by atoms with Crippen LogP contribution in [0.5, 0.6) is 11.5 Å². The molecule has 0 radical (unpaired) electrons. The normalized spacial score (nSPS) is 11.0. The van der Waals surface area contributed by atoms with E-state index < -0.39 is 28.8 Å². The molecule has 0 atom stereocenters. The molecule has 4 aromatic rings. The van der Waals surface area contributed by atoms with E-state index in [4.69, 9.17) is 9.47 Å². The van der Waals surface area contributed by atoms with Crippen LogP contribution in [-0.4, -0.2) is 45.0 Å². The second-order valence-electron chi connectivity index (χ2n) is 7.79. The van der Waals surface area contributed by atoms with E-state index in [1.165, 1.54) is 32.9 Å². The highest BCUT2D eigenvalue weighted by Crippen LogP contribution is 2.33. The Morgan fingerprint density at radius 3 is 2.41 bits per heavy atom. The van der Waals surface area contributed by atoms with Gasteiger partial charge in [0.2, 0.25) is 5.91 Å². The van der Waals surface area contributed by atoms with Crippen molar-refractivity contribution >= 4 is 34.4 Å². The molecule has 10 nitrogen and oxygen atoms in total. The molecule has 37 heavy (non-hydrogen) atoms. The van der Waals surface area contributed by atoms with Crippen LogP contribution in [0.3, 0.4) is 0 Å². The van der Waals surface area contributed by atoms with Crippen molar-refractivity contribution < 1.29 is 23.0 Å². The van der Waals surface area contributed by atoms with E-state index in [0.29, 0.717) is 23.1 Å². The summed E-state index contributed by atoms with van der Waals surface area (Å²) in [5, 5.41) is 2.54. The minimum absolute atomic E-state index is 0.0413. The largest absolute Gasteiger partial charge is 0.493 e. The Morgan fingerprint density at radius 1 is 1.00 bits per heavy atom. The highest BCUT2D eigenvalue weighted by Gasteiger charge is 2.20.